The molecule has 4 rings (SSSR count). The summed E-state index contributed by atoms with van der Waals surface area (Å²) in [6.45, 7) is 9.71. The van der Waals surface area contributed by atoms with E-state index in [-0.39, 0.29) is 24.5 Å². The number of hydrogen-bond donors (Lipinski definition) is 2. The summed E-state index contributed by atoms with van der Waals surface area (Å²) < 4.78 is 37.1. The number of amides is 1. The van der Waals surface area contributed by atoms with Gasteiger partial charge in [0.1, 0.15) is 6.10 Å². The normalized spacial score (nSPS) is 30.3. The average Bonchev–Trinajstić information content (AvgIpc) is 3.53. The van der Waals surface area contributed by atoms with Gasteiger partial charge in [0.2, 0.25) is 5.91 Å². The number of ether oxygens (including phenoxy) is 1. The van der Waals surface area contributed by atoms with E-state index in [0.717, 1.165) is 49.9 Å². The standard InChI is InChI=1S/C49H89NO6S/c1-5-6-7-8-9-10-11-12-13-14-15-16-17-18-19-20-21-22-23-24-25-47(52)56-41-32-34-48(3)40(38-41)27-28-42-44-30-29-43(49(44,4)35-33-45(42)48)39(2)26-31-46(51)50-36-37-57(53,54)55/h39-45H,5-38H2,1-4H3,(H,50,51)(H,53,54,55). The van der Waals surface area contributed by atoms with Gasteiger partial charge in [-0.25, -0.2) is 0 Å². The lowest BCUT2D eigenvalue weighted by molar-refractivity contribution is -0.162. The monoisotopic (exact) mass is 820 g/mol. The summed E-state index contributed by atoms with van der Waals surface area (Å²) in [5.74, 6) is 3.50. The van der Waals surface area contributed by atoms with Crippen LogP contribution in [0.2, 0.25) is 0 Å². The number of carbonyl (C=O) groups excluding carboxylic acids is 2. The van der Waals surface area contributed by atoms with E-state index in [1.807, 2.05) is 0 Å². The van der Waals surface area contributed by atoms with Crippen molar-refractivity contribution < 1.29 is 27.3 Å². The van der Waals surface area contributed by atoms with Crippen LogP contribution >= 0.6 is 0 Å². The zero-order valence-electron chi connectivity index (χ0n) is 37.5. The molecular formula is C49H89NO6S. The van der Waals surface area contributed by atoms with Crippen molar-refractivity contribution in [1.82, 2.24) is 5.32 Å². The average molecular weight is 820 g/mol. The first-order chi connectivity index (χ1) is 27.4. The second-order valence-electron chi connectivity index (χ2n) is 20.4. The minimum absolute atomic E-state index is 0.0369. The third-order valence-electron chi connectivity index (χ3n) is 16.4. The Morgan fingerprint density at radius 3 is 1.77 bits per heavy atom. The molecule has 2 N–H and O–H groups in total. The van der Waals surface area contributed by atoms with Crippen molar-refractivity contribution in [3.8, 4) is 0 Å². The highest BCUT2D eigenvalue weighted by molar-refractivity contribution is 7.85. The summed E-state index contributed by atoms with van der Waals surface area (Å²) in [6, 6.07) is 0. The molecule has 9 unspecified atom stereocenters. The number of rotatable bonds is 29. The van der Waals surface area contributed by atoms with Crippen molar-refractivity contribution in [2.24, 2.45) is 46.3 Å². The Balaban J connectivity index is 1.03. The predicted octanol–water partition coefficient (Wildman–Crippen LogP) is 13.2. The highest BCUT2D eigenvalue weighted by atomic mass is 32.2. The zero-order chi connectivity index (χ0) is 41.2. The van der Waals surface area contributed by atoms with Gasteiger partial charge in [-0.3, -0.25) is 14.1 Å². The molecule has 0 aromatic heterocycles. The number of unbranched alkanes of at least 4 members (excludes halogenated alkanes) is 19. The highest BCUT2D eigenvalue weighted by Crippen LogP contribution is 2.68. The van der Waals surface area contributed by atoms with E-state index in [0.29, 0.717) is 41.4 Å². The maximum Gasteiger partial charge on any atom is 0.306 e. The van der Waals surface area contributed by atoms with E-state index >= 15 is 0 Å². The summed E-state index contributed by atoms with van der Waals surface area (Å²) in [5.41, 5.74) is 0.674. The second kappa shape index (κ2) is 24.9. The summed E-state index contributed by atoms with van der Waals surface area (Å²) in [4.78, 5) is 25.3. The first-order valence-corrected chi connectivity index (χ1v) is 26.4. The topological polar surface area (TPSA) is 110 Å². The fourth-order valence-corrected chi connectivity index (χ4v) is 13.4. The van der Waals surface area contributed by atoms with Gasteiger partial charge in [0, 0.05) is 19.4 Å². The van der Waals surface area contributed by atoms with Gasteiger partial charge in [-0.15, -0.1) is 0 Å². The minimum atomic E-state index is -4.06. The van der Waals surface area contributed by atoms with Crippen molar-refractivity contribution in [1.29, 1.82) is 0 Å². The van der Waals surface area contributed by atoms with Crippen LogP contribution in [0, 0.1) is 46.3 Å². The van der Waals surface area contributed by atoms with Gasteiger partial charge >= 0.3 is 5.97 Å². The van der Waals surface area contributed by atoms with E-state index < -0.39 is 15.9 Å². The van der Waals surface area contributed by atoms with Crippen molar-refractivity contribution in [3.05, 3.63) is 0 Å². The molecule has 0 spiro atoms. The van der Waals surface area contributed by atoms with E-state index in [4.69, 9.17) is 9.29 Å². The lowest BCUT2D eigenvalue weighted by Crippen LogP contribution is -2.54. The molecule has 4 aliphatic carbocycles. The van der Waals surface area contributed by atoms with Crippen LogP contribution in [0.4, 0.5) is 0 Å². The van der Waals surface area contributed by atoms with Gasteiger partial charge in [0.25, 0.3) is 10.1 Å². The molecule has 0 radical (unpaired) electrons. The third kappa shape index (κ3) is 15.7. The lowest BCUT2D eigenvalue weighted by Gasteiger charge is -2.61. The summed E-state index contributed by atoms with van der Waals surface area (Å²) in [6.07, 6.45) is 40.2. The summed E-state index contributed by atoms with van der Waals surface area (Å²) in [5, 5.41) is 2.66. The molecule has 1 amide bonds. The second-order valence-corrected chi connectivity index (χ2v) is 22.0. The van der Waals surface area contributed by atoms with E-state index in [9.17, 15) is 18.0 Å². The molecule has 0 heterocycles. The maximum atomic E-state index is 12.9. The Labute approximate surface area is 351 Å². The number of nitrogens with one attached hydrogen (secondary N) is 1. The fourth-order valence-electron chi connectivity index (χ4n) is 13.0. The van der Waals surface area contributed by atoms with Crippen LogP contribution in [0.3, 0.4) is 0 Å². The quantitative estimate of drug-likeness (QED) is 0.0442. The van der Waals surface area contributed by atoms with Gasteiger partial charge in [-0.1, -0.05) is 150 Å². The van der Waals surface area contributed by atoms with Gasteiger partial charge in [0.15, 0.2) is 0 Å². The van der Waals surface area contributed by atoms with Gasteiger partial charge in [-0.2, -0.15) is 8.42 Å². The largest absolute Gasteiger partial charge is 0.462 e. The van der Waals surface area contributed by atoms with Crippen molar-refractivity contribution in [3.63, 3.8) is 0 Å². The molecule has 0 bridgehead atoms. The molecule has 0 aliphatic heterocycles. The molecule has 57 heavy (non-hydrogen) atoms. The lowest BCUT2D eigenvalue weighted by atomic mass is 9.44. The minimum Gasteiger partial charge on any atom is -0.462 e. The van der Waals surface area contributed by atoms with Crippen LogP contribution in [0.5, 0.6) is 0 Å². The molecule has 0 aromatic carbocycles. The molecule has 7 nitrogen and oxygen atoms in total. The molecule has 0 saturated heterocycles. The van der Waals surface area contributed by atoms with Crippen LogP contribution in [0.1, 0.15) is 233 Å². The molecular weight excluding hydrogens is 731 g/mol. The van der Waals surface area contributed by atoms with Crippen LogP contribution in [-0.2, 0) is 24.4 Å². The molecule has 4 aliphatic rings. The Bertz CT molecular complexity index is 1270. The molecule has 4 saturated carbocycles. The maximum absolute atomic E-state index is 12.9. The third-order valence-corrected chi connectivity index (χ3v) is 17.1. The Morgan fingerprint density at radius 1 is 0.684 bits per heavy atom. The van der Waals surface area contributed by atoms with E-state index in [2.05, 4.69) is 33.0 Å². The molecule has 8 heteroatoms. The summed E-state index contributed by atoms with van der Waals surface area (Å²) >= 11 is 0. The zero-order valence-corrected chi connectivity index (χ0v) is 38.3. The van der Waals surface area contributed by atoms with Crippen molar-refractivity contribution >= 4 is 22.0 Å². The van der Waals surface area contributed by atoms with Crippen LogP contribution in [-0.4, -0.2) is 43.2 Å². The molecule has 4 fully saturated rings. The Morgan fingerprint density at radius 2 is 1.21 bits per heavy atom. The first-order valence-electron chi connectivity index (χ1n) is 24.8. The number of fused-ring (bicyclic) bond motifs is 5. The number of esters is 1. The van der Waals surface area contributed by atoms with E-state index in [1.54, 1.807) is 0 Å². The fraction of sp³-hybridized carbons (Fsp3) is 0.959. The van der Waals surface area contributed by atoms with Crippen LogP contribution in [0.25, 0.3) is 0 Å². The number of hydrogen-bond acceptors (Lipinski definition) is 5. The Hall–Kier alpha value is -1.15. The smallest absolute Gasteiger partial charge is 0.306 e. The predicted molar refractivity (Wildman–Crippen MR) is 236 cm³/mol. The van der Waals surface area contributed by atoms with Crippen LogP contribution in [0.15, 0.2) is 0 Å². The molecule has 332 valence electrons. The first kappa shape index (κ1) is 48.5. The molecule has 9 atom stereocenters. The van der Waals surface area contributed by atoms with Crippen molar-refractivity contribution in [2.45, 2.75) is 239 Å². The Kier molecular flexibility index (Phi) is 21.2. The molecule has 0 aromatic rings. The van der Waals surface area contributed by atoms with Crippen LogP contribution < -0.4 is 5.32 Å². The SMILES string of the molecule is CCCCCCCCCCCCCCCCCCCCCCC(=O)OC1CCC2(C)C(CCC3C2CCC2(C)C(C(C)CCC(=O)NCCS(=O)(=O)O)CCC32)C1. The van der Waals surface area contributed by atoms with E-state index in [1.165, 1.54) is 161 Å². The van der Waals surface area contributed by atoms with Gasteiger partial charge < -0.3 is 10.1 Å². The van der Waals surface area contributed by atoms with Crippen molar-refractivity contribution in [2.75, 3.05) is 12.3 Å². The van der Waals surface area contributed by atoms with Gasteiger partial charge in [0.05, 0.1) is 5.75 Å². The highest BCUT2D eigenvalue weighted by Gasteiger charge is 2.60. The van der Waals surface area contributed by atoms with Gasteiger partial charge in [-0.05, 0) is 117 Å². The number of carbonyl (C=O) groups is 2. The summed E-state index contributed by atoms with van der Waals surface area (Å²) in [7, 11) is -4.06.